The van der Waals surface area contributed by atoms with Crippen LogP contribution in [0.1, 0.15) is 11.1 Å². The smallest absolute Gasteiger partial charge is 0.369 e. The fraction of sp³-hybridized carbons (Fsp3) is 0.111. The molecule has 0 saturated heterocycles. The fourth-order valence-corrected chi connectivity index (χ4v) is 1.71. The first kappa shape index (κ1) is 13.7. The maximum atomic E-state index is 12.5. The lowest BCUT2D eigenvalue weighted by molar-refractivity contribution is -0.137. The number of alkyl halides is 3. The van der Waals surface area contributed by atoms with Crippen molar-refractivity contribution in [2.75, 3.05) is 0 Å². The highest BCUT2D eigenvalue weighted by molar-refractivity contribution is 14.1. The summed E-state index contributed by atoms with van der Waals surface area (Å²) >= 11 is 1.79. The lowest BCUT2D eigenvalue weighted by atomic mass is 10.1. The second-order valence-electron chi connectivity index (χ2n) is 3.04. The van der Waals surface area contributed by atoms with Crippen LogP contribution in [0.2, 0.25) is 0 Å². The Labute approximate surface area is 109 Å². The Hall–Kier alpha value is -1.32. The number of hydrogen-bond acceptors (Lipinski definition) is 2. The molecule has 4 N–H and O–H groups in total. The van der Waals surface area contributed by atoms with Gasteiger partial charge in [0, 0.05) is 3.57 Å². The molecule has 1 rings (SSSR count). The molecule has 0 amide bonds. The number of halogens is 4. The van der Waals surface area contributed by atoms with Crippen molar-refractivity contribution in [3.63, 3.8) is 0 Å². The van der Waals surface area contributed by atoms with Crippen molar-refractivity contribution in [3.8, 4) is 0 Å². The van der Waals surface area contributed by atoms with Gasteiger partial charge in [-0.3, -0.25) is 0 Å². The normalized spacial score (nSPS) is 11.8. The molecule has 0 aliphatic rings. The zero-order valence-corrected chi connectivity index (χ0v) is 10.5. The third-order valence-electron chi connectivity index (χ3n) is 1.63. The monoisotopic (exact) mass is 356 g/mol. The molecule has 0 fully saturated rings. The fourth-order valence-electron chi connectivity index (χ4n) is 1.01. The first-order valence-electron chi connectivity index (χ1n) is 4.29. The Balaban J connectivity index is 3.06. The van der Waals surface area contributed by atoms with Crippen LogP contribution in [0.4, 0.5) is 13.2 Å². The van der Waals surface area contributed by atoms with Gasteiger partial charge in [0.25, 0.3) is 0 Å². The second-order valence-corrected chi connectivity index (χ2v) is 4.29. The molecule has 4 nitrogen and oxygen atoms in total. The minimum atomic E-state index is -4.39. The summed E-state index contributed by atoms with van der Waals surface area (Å²) < 4.78 is 37.9. The first-order chi connectivity index (χ1) is 7.79. The molecule has 8 heteroatoms. The van der Waals surface area contributed by atoms with E-state index in [-0.39, 0.29) is 11.5 Å². The Kier molecular flexibility index (Phi) is 4.32. The summed E-state index contributed by atoms with van der Waals surface area (Å²) in [6.45, 7) is 0. The summed E-state index contributed by atoms with van der Waals surface area (Å²) in [7, 11) is 0. The summed E-state index contributed by atoms with van der Waals surface area (Å²) in [6, 6.07) is 3.54. The third kappa shape index (κ3) is 4.59. The van der Waals surface area contributed by atoms with Gasteiger partial charge in [0.2, 0.25) is 5.96 Å². The van der Waals surface area contributed by atoms with Crippen molar-refractivity contribution in [1.29, 1.82) is 0 Å². The van der Waals surface area contributed by atoms with E-state index in [4.69, 9.17) is 11.5 Å². The van der Waals surface area contributed by atoms with E-state index in [0.717, 1.165) is 18.3 Å². The van der Waals surface area contributed by atoms with E-state index in [9.17, 15) is 13.2 Å². The van der Waals surface area contributed by atoms with E-state index in [1.54, 1.807) is 22.6 Å². The molecule has 0 aliphatic carbocycles. The molecule has 0 bridgehead atoms. The summed E-state index contributed by atoms with van der Waals surface area (Å²) in [5.41, 5.74) is 9.57. The van der Waals surface area contributed by atoms with Gasteiger partial charge in [-0.1, -0.05) is 0 Å². The van der Waals surface area contributed by atoms with E-state index >= 15 is 0 Å². The largest absolute Gasteiger partial charge is 0.416 e. The SMILES string of the molecule is NC(N)=NN=Cc1cc(I)cc(C(F)(F)F)c1. The van der Waals surface area contributed by atoms with Crippen molar-refractivity contribution in [1.82, 2.24) is 0 Å². The number of nitrogens with two attached hydrogens (primary N) is 2. The highest BCUT2D eigenvalue weighted by Gasteiger charge is 2.30. The topological polar surface area (TPSA) is 76.8 Å². The minimum absolute atomic E-state index is 0.261. The molecule has 17 heavy (non-hydrogen) atoms. The predicted molar refractivity (Wildman–Crippen MR) is 67.6 cm³/mol. The Bertz CT molecular complexity index is 464. The highest BCUT2D eigenvalue weighted by atomic mass is 127. The maximum absolute atomic E-state index is 12.5. The average Bonchev–Trinajstić information content (AvgIpc) is 2.14. The molecular weight excluding hydrogens is 348 g/mol. The van der Waals surface area contributed by atoms with Gasteiger partial charge in [-0.2, -0.15) is 18.3 Å². The molecule has 92 valence electrons. The molecule has 0 heterocycles. The molecule has 1 aromatic carbocycles. The van der Waals surface area contributed by atoms with Crippen LogP contribution in [0.3, 0.4) is 0 Å². The van der Waals surface area contributed by atoms with Crippen LogP contribution >= 0.6 is 22.6 Å². The zero-order chi connectivity index (χ0) is 13.1. The van der Waals surface area contributed by atoms with Gasteiger partial charge in [-0.05, 0) is 46.4 Å². The van der Waals surface area contributed by atoms with E-state index in [2.05, 4.69) is 10.2 Å². The summed E-state index contributed by atoms with van der Waals surface area (Å²) in [5.74, 6) is -0.261. The Morgan fingerprint density at radius 1 is 1.24 bits per heavy atom. The maximum Gasteiger partial charge on any atom is 0.416 e. The van der Waals surface area contributed by atoms with E-state index < -0.39 is 11.7 Å². The summed E-state index contributed by atoms with van der Waals surface area (Å²) in [6.07, 6.45) is -3.24. The first-order valence-corrected chi connectivity index (χ1v) is 5.36. The van der Waals surface area contributed by atoms with Crippen LogP contribution in [0.5, 0.6) is 0 Å². The van der Waals surface area contributed by atoms with Gasteiger partial charge in [0.1, 0.15) is 0 Å². The van der Waals surface area contributed by atoms with Crippen LogP contribution < -0.4 is 11.5 Å². The van der Waals surface area contributed by atoms with Crippen LogP contribution in [0.15, 0.2) is 28.4 Å². The van der Waals surface area contributed by atoms with Crippen molar-refractivity contribution >= 4 is 34.8 Å². The number of benzene rings is 1. The van der Waals surface area contributed by atoms with Crippen LogP contribution in [-0.4, -0.2) is 12.2 Å². The molecule has 0 spiro atoms. The van der Waals surface area contributed by atoms with Gasteiger partial charge in [0.05, 0.1) is 11.8 Å². The Morgan fingerprint density at radius 3 is 2.41 bits per heavy atom. The molecule has 0 aromatic heterocycles. The lowest BCUT2D eigenvalue weighted by Crippen LogP contribution is -2.21. The van der Waals surface area contributed by atoms with Crippen molar-refractivity contribution < 1.29 is 13.2 Å². The number of guanidine groups is 1. The average molecular weight is 356 g/mol. The lowest BCUT2D eigenvalue weighted by Gasteiger charge is -2.07. The minimum Gasteiger partial charge on any atom is -0.369 e. The van der Waals surface area contributed by atoms with E-state index in [0.29, 0.717) is 3.57 Å². The van der Waals surface area contributed by atoms with E-state index in [1.165, 1.54) is 6.07 Å². The van der Waals surface area contributed by atoms with Crippen molar-refractivity contribution in [2.45, 2.75) is 6.18 Å². The van der Waals surface area contributed by atoms with Gasteiger partial charge in [-0.25, -0.2) is 0 Å². The number of rotatable bonds is 2. The van der Waals surface area contributed by atoms with Gasteiger partial charge in [0.15, 0.2) is 0 Å². The molecule has 0 unspecified atom stereocenters. The zero-order valence-electron chi connectivity index (χ0n) is 8.37. The molecule has 1 aromatic rings. The van der Waals surface area contributed by atoms with Gasteiger partial charge < -0.3 is 11.5 Å². The number of hydrogen-bond donors (Lipinski definition) is 2. The van der Waals surface area contributed by atoms with Crippen molar-refractivity contribution in [3.05, 3.63) is 32.9 Å². The molecule has 0 saturated carbocycles. The summed E-state index contributed by atoms with van der Waals surface area (Å²) in [5, 5.41) is 6.75. The molecule has 0 atom stereocenters. The van der Waals surface area contributed by atoms with E-state index in [1.807, 2.05) is 0 Å². The standard InChI is InChI=1S/C9H8F3IN4/c10-9(11,12)6-1-5(2-7(13)3-6)4-16-17-8(14)15/h1-4H,(H4,14,15,17). The quantitative estimate of drug-likeness (QED) is 0.368. The van der Waals surface area contributed by atoms with Crippen LogP contribution in [0, 0.1) is 3.57 Å². The summed E-state index contributed by atoms with van der Waals surface area (Å²) in [4.78, 5) is 0. The van der Waals surface area contributed by atoms with Crippen LogP contribution in [0.25, 0.3) is 0 Å². The molecule has 0 radical (unpaired) electrons. The number of nitrogens with zero attached hydrogens (tertiary/aromatic N) is 2. The van der Waals surface area contributed by atoms with Crippen molar-refractivity contribution in [2.24, 2.45) is 21.7 Å². The Morgan fingerprint density at radius 2 is 1.88 bits per heavy atom. The van der Waals surface area contributed by atoms with Crippen LogP contribution in [-0.2, 0) is 6.18 Å². The molecular formula is C9H8F3IN4. The third-order valence-corrected chi connectivity index (χ3v) is 2.25. The molecule has 0 aliphatic heterocycles. The predicted octanol–water partition coefficient (Wildman–Crippen LogP) is 1.92. The second kappa shape index (κ2) is 5.34. The highest BCUT2D eigenvalue weighted by Crippen LogP contribution is 2.30. The van der Waals surface area contributed by atoms with Gasteiger partial charge >= 0.3 is 6.18 Å². The van der Waals surface area contributed by atoms with Gasteiger partial charge in [-0.15, -0.1) is 5.10 Å².